The van der Waals surface area contributed by atoms with Crippen LogP contribution >= 0.6 is 0 Å². The zero-order chi connectivity index (χ0) is 16.4. The first-order valence-corrected chi connectivity index (χ1v) is 7.91. The lowest BCUT2D eigenvalue weighted by Crippen LogP contribution is -2.38. The zero-order valence-corrected chi connectivity index (χ0v) is 13.0. The highest BCUT2D eigenvalue weighted by molar-refractivity contribution is 5.91. The summed E-state index contributed by atoms with van der Waals surface area (Å²) < 4.78 is 10.7. The second kappa shape index (κ2) is 6.27. The Balaban J connectivity index is 1.62. The van der Waals surface area contributed by atoms with E-state index in [1.54, 1.807) is 29.4 Å². The number of hydrogen-bond donors (Lipinski definition) is 0. The third-order valence-corrected chi connectivity index (χ3v) is 4.14. The largest absolute Gasteiger partial charge is 0.459 e. The van der Waals surface area contributed by atoms with Crippen LogP contribution in [0.25, 0.3) is 11.4 Å². The topological polar surface area (TPSA) is 85.3 Å². The fourth-order valence-corrected chi connectivity index (χ4v) is 2.96. The second-order valence-electron chi connectivity index (χ2n) is 5.69. The Morgan fingerprint density at radius 1 is 1.25 bits per heavy atom. The van der Waals surface area contributed by atoms with Crippen molar-refractivity contribution in [2.24, 2.45) is 0 Å². The van der Waals surface area contributed by atoms with Gasteiger partial charge in [-0.25, -0.2) is 0 Å². The third kappa shape index (κ3) is 2.68. The number of rotatable bonds is 3. The van der Waals surface area contributed by atoms with Crippen LogP contribution in [0.2, 0.25) is 0 Å². The van der Waals surface area contributed by atoms with Gasteiger partial charge in [0.15, 0.2) is 5.76 Å². The minimum absolute atomic E-state index is 0.147. The molecule has 0 bridgehead atoms. The van der Waals surface area contributed by atoms with E-state index < -0.39 is 0 Å². The predicted molar refractivity (Wildman–Crippen MR) is 83.9 cm³/mol. The first-order chi connectivity index (χ1) is 11.8. The number of piperidine rings is 1. The first kappa shape index (κ1) is 14.6. The summed E-state index contributed by atoms with van der Waals surface area (Å²) in [7, 11) is 0. The normalized spacial score (nSPS) is 17.8. The molecule has 7 nitrogen and oxygen atoms in total. The van der Waals surface area contributed by atoms with Crippen molar-refractivity contribution in [1.29, 1.82) is 0 Å². The van der Waals surface area contributed by atoms with Gasteiger partial charge in [0.1, 0.15) is 6.04 Å². The molecule has 3 aromatic rings. The van der Waals surface area contributed by atoms with Crippen LogP contribution in [0.15, 0.2) is 51.9 Å². The highest BCUT2D eigenvalue weighted by Gasteiger charge is 2.33. The van der Waals surface area contributed by atoms with Crippen molar-refractivity contribution >= 4 is 5.91 Å². The number of pyridine rings is 1. The van der Waals surface area contributed by atoms with Gasteiger partial charge in [0.05, 0.1) is 6.26 Å². The number of hydrogen-bond acceptors (Lipinski definition) is 6. The van der Waals surface area contributed by atoms with Gasteiger partial charge < -0.3 is 13.8 Å². The zero-order valence-electron chi connectivity index (χ0n) is 13.0. The fraction of sp³-hybridized carbons (Fsp3) is 0.294. The number of furan rings is 1. The molecule has 1 atom stereocenters. The maximum atomic E-state index is 12.7. The van der Waals surface area contributed by atoms with Crippen LogP contribution in [0, 0.1) is 0 Å². The van der Waals surface area contributed by atoms with Crippen LogP contribution in [-0.2, 0) is 0 Å². The molecule has 24 heavy (non-hydrogen) atoms. The van der Waals surface area contributed by atoms with Crippen molar-refractivity contribution in [3.05, 3.63) is 54.6 Å². The maximum absolute atomic E-state index is 12.7. The number of nitrogens with zero attached hydrogens (tertiary/aromatic N) is 4. The monoisotopic (exact) mass is 324 g/mol. The molecule has 1 fully saturated rings. The van der Waals surface area contributed by atoms with E-state index in [9.17, 15) is 4.79 Å². The molecule has 122 valence electrons. The Labute approximate surface area is 138 Å². The lowest BCUT2D eigenvalue weighted by Gasteiger charge is -2.32. The van der Waals surface area contributed by atoms with E-state index in [0.717, 1.165) is 24.8 Å². The summed E-state index contributed by atoms with van der Waals surface area (Å²) in [5.74, 6) is 1.11. The van der Waals surface area contributed by atoms with Gasteiger partial charge in [-0.15, -0.1) is 0 Å². The maximum Gasteiger partial charge on any atom is 0.290 e. The fourth-order valence-electron chi connectivity index (χ4n) is 2.96. The van der Waals surface area contributed by atoms with E-state index in [1.165, 1.54) is 6.26 Å². The highest BCUT2D eigenvalue weighted by atomic mass is 16.5. The molecule has 1 amide bonds. The molecule has 1 aliphatic heterocycles. The van der Waals surface area contributed by atoms with Crippen molar-refractivity contribution in [3.63, 3.8) is 0 Å². The number of likely N-dealkylation sites (tertiary alicyclic amines) is 1. The quantitative estimate of drug-likeness (QED) is 0.736. The van der Waals surface area contributed by atoms with E-state index >= 15 is 0 Å². The molecular weight excluding hydrogens is 308 g/mol. The van der Waals surface area contributed by atoms with Gasteiger partial charge in [0.25, 0.3) is 5.91 Å². The summed E-state index contributed by atoms with van der Waals surface area (Å²) in [5, 5.41) is 4.03. The molecule has 0 N–H and O–H groups in total. The summed E-state index contributed by atoms with van der Waals surface area (Å²) in [4.78, 5) is 22.9. The average molecular weight is 324 g/mol. The van der Waals surface area contributed by atoms with Crippen molar-refractivity contribution in [2.45, 2.75) is 25.3 Å². The molecule has 0 radical (unpaired) electrons. The Hall–Kier alpha value is -2.96. The molecule has 0 aliphatic carbocycles. The third-order valence-electron chi connectivity index (χ3n) is 4.14. The van der Waals surface area contributed by atoms with Crippen molar-refractivity contribution in [3.8, 4) is 11.4 Å². The van der Waals surface area contributed by atoms with Crippen molar-refractivity contribution in [2.75, 3.05) is 6.54 Å². The molecule has 0 spiro atoms. The van der Waals surface area contributed by atoms with Gasteiger partial charge >= 0.3 is 0 Å². The molecule has 4 heterocycles. The summed E-state index contributed by atoms with van der Waals surface area (Å²) >= 11 is 0. The Morgan fingerprint density at radius 3 is 3.00 bits per heavy atom. The summed E-state index contributed by atoms with van der Waals surface area (Å²) in [6.07, 6.45) is 7.63. The first-order valence-electron chi connectivity index (χ1n) is 7.91. The summed E-state index contributed by atoms with van der Waals surface area (Å²) in [5.41, 5.74) is 0.784. The smallest absolute Gasteiger partial charge is 0.290 e. The summed E-state index contributed by atoms with van der Waals surface area (Å²) in [6.45, 7) is 0.648. The molecule has 4 rings (SSSR count). The van der Waals surface area contributed by atoms with Crippen LogP contribution in [0.5, 0.6) is 0 Å². The second-order valence-corrected chi connectivity index (χ2v) is 5.69. The lowest BCUT2D eigenvalue weighted by atomic mass is 10.0. The van der Waals surface area contributed by atoms with Crippen LogP contribution < -0.4 is 0 Å². The number of carbonyl (C=O) groups is 1. The van der Waals surface area contributed by atoms with E-state index in [2.05, 4.69) is 15.1 Å². The standard InChI is InChI=1S/C17H16N4O3/c22-17(14-7-4-10-23-14)21-9-2-1-6-13(21)16-19-15(20-24-16)12-5-3-8-18-11-12/h3-5,7-8,10-11,13H,1-2,6,9H2. The Bertz CT molecular complexity index is 814. The van der Waals surface area contributed by atoms with Crippen LogP contribution in [-0.4, -0.2) is 32.5 Å². The highest BCUT2D eigenvalue weighted by Crippen LogP contribution is 2.32. The van der Waals surface area contributed by atoms with Crippen molar-refractivity contribution in [1.82, 2.24) is 20.0 Å². The average Bonchev–Trinajstić information content (AvgIpc) is 3.34. The Kier molecular flexibility index (Phi) is 3.82. The van der Waals surface area contributed by atoms with Gasteiger partial charge in [-0.2, -0.15) is 4.98 Å². The summed E-state index contributed by atoms with van der Waals surface area (Å²) in [6, 6.07) is 6.84. The minimum atomic E-state index is -0.228. The molecule has 0 aromatic carbocycles. The molecule has 1 aliphatic rings. The van der Waals surface area contributed by atoms with Gasteiger partial charge in [0.2, 0.25) is 11.7 Å². The van der Waals surface area contributed by atoms with E-state index in [0.29, 0.717) is 24.0 Å². The van der Waals surface area contributed by atoms with E-state index in [4.69, 9.17) is 8.94 Å². The van der Waals surface area contributed by atoms with Crippen LogP contribution in [0.4, 0.5) is 0 Å². The number of carbonyl (C=O) groups excluding carboxylic acids is 1. The predicted octanol–water partition coefficient (Wildman–Crippen LogP) is 3.09. The number of amides is 1. The molecule has 0 saturated carbocycles. The minimum Gasteiger partial charge on any atom is -0.459 e. The van der Waals surface area contributed by atoms with Gasteiger partial charge in [-0.3, -0.25) is 9.78 Å². The van der Waals surface area contributed by atoms with E-state index in [-0.39, 0.29) is 11.9 Å². The van der Waals surface area contributed by atoms with Crippen molar-refractivity contribution < 1.29 is 13.7 Å². The van der Waals surface area contributed by atoms with Crippen LogP contribution in [0.1, 0.15) is 41.7 Å². The van der Waals surface area contributed by atoms with Gasteiger partial charge in [-0.05, 0) is 43.5 Å². The lowest BCUT2D eigenvalue weighted by molar-refractivity contribution is 0.0529. The number of aromatic nitrogens is 3. The molecule has 1 unspecified atom stereocenters. The Morgan fingerprint density at radius 2 is 2.21 bits per heavy atom. The molecule has 7 heteroatoms. The SMILES string of the molecule is O=C(c1ccco1)N1CCCCC1c1nc(-c2cccnc2)no1. The van der Waals surface area contributed by atoms with Gasteiger partial charge in [-0.1, -0.05) is 5.16 Å². The van der Waals surface area contributed by atoms with Crippen LogP contribution in [0.3, 0.4) is 0 Å². The van der Waals surface area contributed by atoms with Gasteiger partial charge in [0, 0.05) is 24.5 Å². The molecule has 1 saturated heterocycles. The molecular formula is C17H16N4O3. The van der Waals surface area contributed by atoms with E-state index in [1.807, 2.05) is 12.1 Å². The molecule has 3 aromatic heterocycles.